The Labute approximate surface area is 227 Å². The average Bonchev–Trinajstić information content (AvgIpc) is 2.99. The fourth-order valence-electron chi connectivity index (χ4n) is 4.24. The molecule has 0 aliphatic heterocycles. The third kappa shape index (κ3) is 6.70. The van der Waals surface area contributed by atoms with E-state index in [1.807, 2.05) is 35.4 Å². The second-order valence-corrected chi connectivity index (χ2v) is 8.89. The largest absolute Gasteiger partial charge is 0.311 e. The van der Waals surface area contributed by atoms with E-state index in [2.05, 4.69) is 122 Å². The molecule has 0 saturated heterocycles. The van der Waals surface area contributed by atoms with Crippen molar-refractivity contribution >= 4 is 22.7 Å². The summed E-state index contributed by atoms with van der Waals surface area (Å²) in [6.07, 6.45) is 10.1. The van der Waals surface area contributed by atoms with E-state index in [1.54, 1.807) is 6.08 Å². The lowest BCUT2D eigenvalue weighted by atomic mass is 10.0. The third-order valence-corrected chi connectivity index (χ3v) is 6.24. The van der Waals surface area contributed by atoms with Crippen molar-refractivity contribution in [1.82, 2.24) is 0 Å². The molecule has 0 bridgehead atoms. The molecule has 0 aliphatic carbocycles. The number of anilines is 4. The van der Waals surface area contributed by atoms with E-state index in [-0.39, 0.29) is 0 Å². The van der Waals surface area contributed by atoms with Gasteiger partial charge in [-0.15, -0.1) is 0 Å². The van der Waals surface area contributed by atoms with E-state index in [0.717, 1.165) is 52.4 Å². The molecule has 0 fully saturated rings. The standard InChI is InChI=1S/C35H36N2O/c1-4-7-15-31(6-3)36(32-16-11-9-12-17-32)33-24-20-29(21-25-33)30-22-26-35(27-23-30)37(38-28-8-5-2)34-18-13-10-14-19-34/h4,6-7,9-27H,1,5,8,28H2,2-3H3/b15-7-,31-6+. The Bertz CT molecular complexity index is 1320. The van der Waals surface area contributed by atoms with Crippen molar-refractivity contribution in [3.8, 4) is 11.1 Å². The fraction of sp³-hybridized carbons (Fsp3) is 0.143. The summed E-state index contributed by atoms with van der Waals surface area (Å²) in [5.41, 5.74) is 7.63. The molecule has 0 spiro atoms. The number of hydrogen-bond acceptors (Lipinski definition) is 3. The second-order valence-electron chi connectivity index (χ2n) is 8.89. The highest BCUT2D eigenvalue weighted by atomic mass is 16.7. The van der Waals surface area contributed by atoms with Crippen molar-refractivity contribution in [3.63, 3.8) is 0 Å². The minimum Gasteiger partial charge on any atom is -0.311 e. The quantitative estimate of drug-likeness (QED) is 0.109. The molecule has 38 heavy (non-hydrogen) atoms. The minimum absolute atomic E-state index is 0.683. The van der Waals surface area contributed by atoms with Crippen LogP contribution in [0.1, 0.15) is 26.7 Å². The Balaban J connectivity index is 1.60. The highest BCUT2D eigenvalue weighted by Gasteiger charge is 2.13. The summed E-state index contributed by atoms with van der Waals surface area (Å²) in [5, 5.41) is 1.93. The van der Waals surface area contributed by atoms with Crippen LogP contribution < -0.4 is 9.96 Å². The lowest BCUT2D eigenvalue weighted by molar-refractivity contribution is 0.133. The summed E-state index contributed by atoms with van der Waals surface area (Å²) in [7, 11) is 0. The molecule has 0 saturated carbocycles. The monoisotopic (exact) mass is 500 g/mol. The van der Waals surface area contributed by atoms with Gasteiger partial charge >= 0.3 is 0 Å². The molecule has 4 rings (SSSR count). The molecule has 4 aromatic rings. The predicted molar refractivity (Wildman–Crippen MR) is 163 cm³/mol. The van der Waals surface area contributed by atoms with Gasteiger partial charge in [0.25, 0.3) is 0 Å². The van der Waals surface area contributed by atoms with Crippen molar-refractivity contribution in [3.05, 3.63) is 146 Å². The Morgan fingerprint density at radius 1 is 0.711 bits per heavy atom. The minimum atomic E-state index is 0.683. The molecular weight excluding hydrogens is 464 g/mol. The molecule has 0 atom stereocenters. The van der Waals surface area contributed by atoms with Crippen molar-refractivity contribution in [1.29, 1.82) is 0 Å². The van der Waals surface area contributed by atoms with Gasteiger partial charge in [0.1, 0.15) is 0 Å². The van der Waals surface area contributed by atoms with Crippen LogP contribution in [-0.2, 0) is 4.84 Å². The van der Waals surface area contributed by atoms with Gasteiger partial charge in [-0.1, -0.05) is 98.8 Å². The zero-order chi connectivity index (χ0) is 26.6. The van der Waals surface area contributed by atoms with Gasteiger partial charge in [-0.25, -0.2) is 5.06 Å². The van der Waals surface area contributed by atoms with Gasteiger partial charge < -0.3 is 4.90 Å². The summed E-state index contributed by atoms with van der Waals surface area (Å²) >= 11 is 0. The molecule has 0 unspecified atom stereocenters. The van der Waals surface area contributed by atoms with Crippen molar-refractivity contribution < 1.29 is 4.84 Å². The van der Waals surface area contributed by atoms with Crippen LogP contribution in [0, 0.1) is 0 Å². The highest BCUT2D eigenvalue weighted by Crippen LogP contribution is 2.33. The van der Waals surface area contributed by atoms with Crippen LogP contribution in [0.2, 0.25) is 0 Å². The molecule has 0 aliphatic rings. The molecule has 3 nitrogen and oxygen atoms in total. The van der Waals surface area contributed by atoms with E-state index >= 15 is 0 Å². The van der Waals surface area contributed by atoms with E-state index in [0.29, 0.717) is 6.61 Å². The van der Waals surface area contributed by atoms with E-state index in [1.165, 1.54) is 0 Å². The van der Waals surface area contributed by atoms with Crippen molar-refractivity contribution in [2.45, 2.75) is 26.7 Å². The third-order valence-electron chi connectivity index (χ3n) is 6.24. The van der Waals surface area contributed by atoms with E-state index in [9.17, 15) is 0 Å². The van der Waals surface area contributed by atoms with Crippen LogP contribution in [-0.4, -0.2) is 6.61 Å². The number of nitrogens with zero attached hydrogens (tertiary/aromatic N) is 2. The summed E-state index contributed by atoms with van der Waals surface area (Å²) in [6, 6.07) is 37.9. The Morgan fingerprint density at radius 3 is 1.74 bits per heavy atom. The first-order chi connectivity index (χ1) is 18.7. The first-order valence-corrected chi connectivity index (χ1v) is 13.2. The zero-order valence-electron chi connectivity index (χ0n) is 22.3. The lowest BCUT2D eigenvalue weighted by Crippen LogP contribution is -2.18. The number of benzene rings is 4. The van der Waals surface area contributed by atoms with E-state index in [4.69, 9.17) is 4.84 Å². The average molecular weight is 501 g/mol. The van der Waals surface area contributed by atoms with Crippen molar-refractivity contribution in [2.24, 2.45) is 0 Å². The molecule has 0 N–H and O–H groups in total. The van der Waals surface area contributed by atoms with Crippen LogP contribution in [0.4, 0.5) is 22.7 Å². The smallest absolute Gasteiger partial charge is 0.0753 e. The first kappa shape index (κ1) is 26.7. The molecule has 3 heteroatoms. The van der Waals surface area contributed by atoms with Gasteiger partial charge in [-0.2, -0.15) is 0 Å². The Kier molecular flexibility index (Phi) is 9.72. The second kappa shape index (κ2) is 13.8. The number of rotatable bonds is 12. The Hall–Kier alpha value is -4.34. The van der Waals surface area contributed by atoms with Gasteiger partial charge in [0.05, 0.1) is 18.0 Å². The van der Waals surface area contributed by atoms with Crippen LogP contribution in [0.3, 0.4) is 0 Å². The summed E-state index contributed by atoms with van der Waals surface area (Å²) < 4.78 is 0. The predicted octanol–water partition coefficient (Wildman–Crippen LogP) is 10.0. The van der Waals surface area contributed by atoms with Crippen molar-refractivity contribution in [2.75, 3.05) is 16.6 Å². The summed E-state index contributed by atoms with van der Waals surface area (Å²) in [4.78, 5) is 8.40. The molecule has 0 radical (unpaired) electrons. The molecule has 0 heterocycles. The zero-order valence-corrected chi connectivity index (χ0v) is 22.3. The fourth-order valence-corrected chi connectivity index (χ4v) is 4.24. The lowest BCUT2D eigenvalue weighted by Gasteiger charge is -2.26. The van der Waals surface area contributed by atoms with Gasteiger partial charge in [-0.05, 0) is 79.1 Å². The maximum atomic E-state index is 6.16. The number of hydrogen-bond donors (Lipinski definition) is 0. The SMILES string of the molecule is C=C/C=C\C(=C/C)N(c1ccccc1)c1ccc(-c2ccc(N(OCCCC)c3ccccc3)cc2)cc1. The first-order valence-electron chi connectivity index (χ1n) is 13.2. The van der Waals surface area contributed by atoms with Crippen LogP contribution in [0.25, 0.3) is 11.1 Å². The maximum absolute atomic E-state index is 6.16. The van der Waals surface area contributed by atoms with E-state index < -0.39 is 0 Å². The Morgan fingerprint density at radius 2 is 1.21 bits per heavy atom. The molecular formula is C35H36N2O. The topological polar surface area (TPSA) is 15.7 Å². The summed E-state index contributed by atoms with van der Waals surface area (Å²) in [5.74, 6) is 0. The number of unbranched alkanes of at least 4 members (excludes halogenated alkanes) is 1. The maximum Gasteiger partial charge on any atom is 0.0753 e. The van der Waals surface area contributed by atoms with Gasteiger partial charge in [0.15, 0.2) is 0 Å². The summed E-state index contributed by atoms with van der Waals surface area (Å²) in [6.45, 7) is 8.74. The van der Waals surface area contributed by atoms with Crippen LogP contribution >= 0.6 is 0 Å². The molecule has 192 valence electrons. The number of allylic oxidation sites excluding steroid dienone is 4. The highest BCUT2D eigenvalue weighted by molar-refractivity contribution is 5.74. The van der Waals surface area contributed by atoms with Crippen LogP contribution in [0.5, 0.6) is 0 Å². The number of para-hydroxylation sites is 2. The molecule has 0 aromatic heterocycles. The van der Waals surface area contributed by atoms with Crippen LogP contribution in [0.15, 0.2) is 146 Å². The van der Waals surface area contributed by atoms with Gasteiger partial charge in [0.2, 0.25) is 0 Å². The molecule has 4 aromatic carbocycles. The normalized spacial score (nSPS) is 11.5. The van der Waals surface area contributed by atoms with Gasteiger partial charge in [-0.3, -0.25) is 4.84 Å². The molecule has 0 amide bonds. The van der Waals surface area contributed by atoms with Gasteiger partial charge in [0, 0.05) is 17.1 Å².